The number of epoxide rings is 1. The van der Waals surface area contributed by atoms with Crippen molar-refractivity contribution in [2.45, 2.75) is 43.5 Å². The zero-order valence-electron chi connectivity index (χ0n) is 24.5. The summed E-state index contributed by atoms with van der Waals surface area (Å²) in [5, 5.41) is 18.0. The minimum absolute atomic E-state index is 0.0486. The lowest BCUT2D eigenvalue weighted by atomic mass is 9.94. The Labute approximate surface area is 251 Å². The highest BCUT2D eigenvalue weighted by atomic mass is 16.6. The highest BCUT2D eigenvalue weighted by Gasteiger charge is 2.50. The number of morpholine rings is 1. The fourth-order valence-corrected chi connectivity index (χ4v) is 4.83. The first-order valence-electron chi connectivity index (χ1n) is 14.4. The van der Waals surface area contributed by atoms with Gasteiger partial charge in [0.05, 0.1) is 46.1 Å². The lowest BCUT2D eigenvalue weighted by Gasteiger charge is -2.27. The number of amides is 3. The number of rotatable bonds is 15. The second-order valence-electron chi connectivity index (χ2n) is 10.9. The smallest absolute Gasteiger partial charge is 0.245 e. The number of carbonyl (C=O) groups is 4. The normalized spacial score (nSPS) is 20.3. The van der Waals surface area contributed by atoms with Gasteiger partial charge in [-0.3, -0.25) is 24.1 Å². The fourth-order valence-electron chi connectivity index (χ4n) is 4.83. The number of methoxy groups -OCH3 is 1. The van der Waals surface area contributed by atoms with Gasteiger partial charge in [-0.1, -0.05) is 42.5 Å². The van der Waals surface area contributed by atoms with Gasteiger partial charge < -0.3 is 35.3 Å². The van der Waals surface area contributed by atoms with E-state index in [2.05, 4.69) is 16.0 Å². The van der Waals surface area contributed by atoms with Gasteiger partial charge in [0.1, 0.15) is 23.4 Å². The molecule has 3 amide bonds. The molecule has 2 heterocycles. The molecule has 2 aromatic rings. The maximum atomic E-state index is 13.7. The molecule has 4 N–H and O–H groups in total. The zero-order valence-corrected chi connectivity index (χ0v) is 24.5. The monoisotopic (exact) mass is 596 g/mol. The van der Waals surface area contributed by atoms with E-state index in [1.807, 2.05) is 35.2 Å². The Kier molecular flexibility index (Phi) is 11.2. The number of nitrogens with one attached hydrogen (secondary N) is 3. The molecule has 2 aliphatic heterocycles. The third-order valence-electron chi connectivity index (χ3n) is 7.55. The maximum absolute atomic E-state index is 13.7. The Morgan fingerprint density at radius 3 is 2.07 bits per heavy atom. The minimum atomic E-state index is -1.28. The van der Waals surface area contributed by atoms with E-state index >= 15 is 0 Å². The molecule has 0 radical (unpaired) electrons. The van der Waals surface area contributed by atoms with Crippen LogP contribution in [-0.4, -0.2) is 110 Å². The van der Waals surface area contributed by atoms with E-state index in [9.17, 15) is 24.3 Å². The number of nitrogens with zero attached hydrogens (tertiary/aromatic N) is 1. The molecule has 2 aliphatic rings. The molecule has 4 rings (SSSR count). The van der Waals surface area contributed by atoms with Crippen LogP contribution in [0.4, 0.5) is 0 Å². The van der Waals surface area contributed by atoms with Crippen LogP contribution in [0.3, 0.4) is 0 Å². The maximum Gasteiger partial charge on any atom is 0.245 e. The number of ether oxygens (including phenoxy) is 3. The first-order chi connectivity index (χ1) is 20.7. The topological polar surface area (TPSA) is 159 Å². The number of benzene rings is 2. The average Bonchev–Trinajstić information content (AvgIpc) is 3.78. The van der Waals surface area contributed by atoms with E-state index in [1.165, 1.54) is 0 Å². The van der Waals surface area contributed by atoms with Gasteiger partial charge in [-0.05, 0) is 36.6 Å². The van der Waals surface area contributed by atoms with Crippen LogP contribution >= 0.6 is 0 Å². The molecule has 0 bridgehead atoms. The number of hydrogen-bond acceptors (Lipinski definition) is 9. The Bertz CT molecular complexity index is 1250. The van der Waals surface area contributed by atoms with Crippen LogP contribution in [-0.2, 0) is 41.5 Å². The summed E-state index contributed by atoms with van der Waals surface area (Å²) in [7, 11) is 1.54. The van der Waals surface area contributed by atoms with Crippen LogP contribution in [0.1, 0.15) is 18.1 Å². The first-order valence-corrected chi connectivity index (χ1v) is 14.4. The van der Waals surface area contributed by atoms with E-state index in [-0.39, 0.29) is 31.8 Å². The SMILES string of the molecule is COc1ccc(CC(NC(=O)C(CO)NC(=O)CN2CCOCC2)C(=O)NC(Cc2ccccc2)C(=O)C2(C)CO2)cc1. The van der Waals surface area contributed by atoms with Gasteiger partial charge >= 0.3 is 0 Å². The number of aliphatic hydroxyl groups excluding tert-OH is 1. The summed E-state index contributed by atoms with van der Waals surface area (Å²) >= 11 is 0. The molecule has 4 unspecified atom stereocenters. The van der Waals surface area contributed by atoms with Crippen molar-refractivity contribution in [2.75, 3.05) is 53.2 Å². The molecule has 2 saturated heterocycles. The number of hydrogen-bond donors (Lipinski definition) is 4. The molecule has 0 aromatic heterocycles. The van der Waals surface area contributed by atoms with Crippen LogP contribution in [0.5, 0.6) is 5.75 Å². The van der Waals surface area contributed by atoms with Crippen molar-refractivity contribution in [1.29, 1.82) is 0 Å². The Hall–Kier alpha value is -3.84. The molecular weight excluding hydrogens is 556 g/mol. The molecule has 0 aliphatic carbocycles. The number of carbonyl (C=O) groups excluding carboxylic acids is 4. The van der Waals surface area contributed by atoms with Crippen LogP contribution in [0.15, 0.2) is 54.6 Å². The van der Waals surface area contributed by atoms with Crippen molar-refractivity contribution >= 4 is 23.5 Å². The highest BCUT2D eigenvalue weighted by molar-refractivity contribution is 5.98. The third-order valence-corrected chi connectivity index (χ3v) is 7.55. The summed E-state index contributed by atoms with van der Waals surface area (Å²) in [4.78, 5) is 54.9. The average molecular weight is 597 g/mol. The van der Waals surface area contributed by atoms with Gasteiger partial charge in [0.15, 0.2) is 5.78 Å². The highest BCUT2D eigenvalue weighted by Crippen LogP contribution is 2.29. The van der Waals surface area contributed by atoms with Crippen LogP contribution in [0.2, 0.25) is 0 Å². The van der Waals surface area contributed by atoms with Gasteiger partial charge in [0, 0.05) is 19.5 Å². The van der Waals surface area contributed by atoms with Crippen LogP contribution in [0.25, 0.3) is 0 Å². The largest absolute Gasteiger partial charge is 0.497 e. The molecule has 2 fully saturated rings. The lowest BCUT2D eigenvalue weighted by Crippen LogP contribution is -2.58. The van der Waals surface area contributed by atoms with Gasteiger partial charge in [-0.2, -0.15) is 0 Å². The van der Waals surface area contributed by atoms with Crippen LogP contribution < -0.4 is 20.7 Å². The molecule has 12 nitrogen and oxygen atoms in total. The Morgan fingerprint density at radius 1 is 0.884 bits per heavy atom. The molecule has 0 spiro atoms. The summed E-state index contributed by atoms with van der Waals surface area (Å²) in [6.07, 6.45) is 0.325. The van der Waals surface area contributed by atoms with Crippen molar-refractivity contribution in [2.24, 2.45) is 0 Å². The van der Waals surface area contributed by atoms with Crippen molar-refractivity contribution in [3.05, 3.63) is 65.7 Å². The summed E-state index contributed by atoms with van der Waals surface area (Å²) < 4.78 is 15.9. The second-order valence-corrected chi connectivity index (χ2v) is 10.9. The van der Waals surface area contributed by atoms with Crippen LogP contribution in [0, 0.1) is 0 Å². The molecule has 2 aromatic carbocycles. The van der Waals surface area contributed by atoms with Crippen molar-refractivity contribution in [3.63, 3.8) is 0 Å². The molecule has 0 saturated carbocycles. The van der Waals surface area contributed by atoms with Gasteiger partial charge in [-0.25, -0.2) is 0 Å². The second kappa shape index (κ2) is 15.1. The standard InChI is InChI=1S/C31H40N4O8/c1-31(20-43-31)28(38)24(16-21-6-4-3-5-7-21)33-29(39)25(17-22-8-10-23(41-2)11-9-22)34-30(40)26(19-36)32-27(37)18-35-12-14-42-15-13-35/h3-11,24-26,36H,12-20H2,1-2H3,(H,32,37)(H,33,39)(H,34,40). The minimum Gasteiger partial charge on any atom is -0.497 e. The van der Waals surface area contributed by atoms with E-state index in [0.29, 0.717) is 32.1 Å². The quantitative estimate of drug-likeness (QED) is 0.201. The van der Waals surface area contributed by atoms with E-state index in [1.54, 1.807) is 38.3 Å². The third kappa shape index (κ3) is 9.32. The summed E-state index contributed by atoms with van der Waals surface area (Å²) in [6.45, 7) is 3.52. The van der Waals surface area contributed by atoms with E-state index in [4.69, 9.17) is 14.2 Å². The van der Waals surface area contributed by atoms with Crippen molar-refractivity contribution < 1.29 is 38.5 Å². The number of aliphatic hydroxyl groups is 1. The Morgan fingerprint density at radius 2 is 1.47 bits per heavy atom. The molecule has 232 valence electrons. The molecule has 4 atom stereocenters. The molecule has 12 heteroatoms. The summed E-state index contributed by atoms with van der Waals surface area (Å²) in [5.74, 6) is -1.38. The molecule has 43 heavy (non-hydrogen) atoms. The van der Waals surface area contributed by atoms with Gasteiger partial charge in [-0.15, -0.1) is 0 Å². The number of ketones is 1. The number of Topliss-reactive ketones (excluding diaryl/α,β-unsaturated/α-hetero) is 1. The van der Waals surface area contributed by atoms with Crippen molar-refractivity contribution in [1.82, 2.24) is 20.9 Å². The molecular formula is C31H40N4O8. The fraction of sp³-hybridized carbons (Fsp3) is 0.484. The van der Waals surface area contributed by atoms with Crippen molar-refractivity contribution in [3.8, 4) is 5.75 Å². The predicted octanol–water partition coefficient (Wildman–Crippen LogP) is -0.383. The van der Waals surface area contributed by atoms with E-state index < -0.39 is 48.1 Å². The van der Waals surface area contributed by atoms with Gasteiger partial charge in [0.2, 0.25) is 17.7 Å². The first kappa shape index (κ1) is 32.1. The summed E-state index contributed by atoms with van der Waals surface area (Å²) in [6, 6.07) is 13.0. The predicted molar refractivity (Wildman–Crippen MR) is 156 cm³/mol. The van der Waals surface area contributed by atoms with E-state index in [0.717, 1.165) is 11.1 Å². The zero-order chi connectivity index (χ0) is 30.8. The Balaban J connectivity index is 1.49. The van der Waals surface area contributed by atoms with Gasteiger partial charge in [0.25, 0.3) is 0 Å². The lowest BCUT2D eigenvalue weighted by molar-refractivity contribution is -0.135. The summed E-state index contributed by atoms with van der Waals surface area (Å²) in [5.41, 5.74) is 0.597.